The van der Waals surface area contributed by atoms with Crippen LogP contribution in [0.5, 0.6) is 5.75 Å². The van der Waals surface area contributed by atoms with Crippen LogP contribution in [0.1, 0.15) is 19.4 Å². The van der Waals surface area contributed by atoms with Gasteiger partial charge in [0.05, 0.1) is 17.6 Å². The Kier molecular flexibility index (Phi) is 5.24. The molecule has 0 bridgehead atoms. The van der Waals surface area contributed by atoms with Gasteiger partial charge < -0.3 is 10.1 Å². The monoisotopic (exact) mass is 323 g/mol. The van der Waals surface area contributed by atoms with Gasteiger partial charge in [0.15, 0.2) is 9.84 Å². The van der Waals surface area contributed by atoms with Gasteiger partial charge in [-0.1, -0.05) is 18.2 Å². The predicted molar refractivity (Wildman–Crippen MR) is 85.7 cm³/mol. The van der Waals surface area contributed by atoms with Crippen molar-refractivity contribution in [1.82, 2.24) is 5.32 Å². The number of rotatable bonds is 6. The summed E-state index contributed by atoms with van der Waals surface area (Å²) in [6, 6.07) is 7.73. The van der Waals surface area contributed by atoms with Gasteiger partial charge in [0, 0.05) is 12.1 Å². The molecule has 0 atom stereocenters. The molecule has 22 heavy (non-hydrogen) atoms. The van der Waals surface area contributed by atoms with Crippen LogP contribution in [-0.4, -0.2) is 38.5 Å². The molecule has 1 aliphatic rings. The Balaban J connectivity index is 1.78. The van der Waals surface area contributed by atoms with Crippen LogP contribution in [0.2, 0.25) is 0 Å². The largest absolute Gasteiger partial charge is 0.491 e. The van der Waals surface area contributed by atoms with E-state index in [9.17, 15) is 13.2 Å². The standard InChI is InChI=1S/C16H21NO4S/c1-12(2)21-15-5-3-13(4-6-15)7-9-17-16(18)14-8-10-22(19,20)11-14/h3-6,8,12H,7,9-11H2,1-2H3,(H,17,18). The summed E-state index contributed by atoms with van der Waals surface area (Å²) >= 11 is 0. The van der Waals surface area contributed by atoms with E-state index in [1.807, 2.05) is 38.1 Å². The Bertz CT molecular complexity index is 660. The number of carbonyl (C=O) groups excluding carboxylic acids is 1. The Morgan fingerprint density at radius 1 is 1.27 bits per heavy atom. The van der Waals surface area contributed by atoms with E-state index < -0.39 is 9.84 Å². The molecule has 0 saturated heterocycles. The van der Waals surface area contributed by atoms with Crippen molar-refractivity contribution in [3.63, 3.8) is 0 Å². The van der Waals surface area contributed by atoms with Crippen LogP contribution >= 0.6 is 0 Å². The molecule has 0 fully saturated rings. The molecule has 1 aromatic carbocycles. The van der Waals surface area contributed by atoms with E-state index in [-0.39, 0.29) is 23.5 Å². The zero-order chi connectivity index (χ0) is 16.2. The third-order valence-electron chi connectivity index (χ3n) is 3.25. The normalized spacial score (nSPS) is 16.4. The quantitative estimate of drug-likeness (QED) is 0.861. The molecule has 6 heteroatoms. The molecule has 0 aromatic heterocycles. The second-order valence-electron chi connectivity index (χ2n) is 5.60. The average molecular weight is 323 g/mol. The van der Waals surface area contributed by atoms with Crippen LogP contribution in [0.4, 0.5) is 0 Å². The van der Waals surface area contributed by atoms with Crippen molar-refractivity contribution < 1.29 is 17.9 Å². The summed E-state index contributed by atoms with van der Waals surface area (Å²) in [6.07, 6.45) is 2.32. The van der Waals surface area contributed by atoms with E-state index in [4.69, 9.17) is 4.74 Å². The summed E-state index contributed by atoms with van der Waals surface area (Å²) in [4.78, 5) is 11.8. The molecular weight excluding hydrogens is 302 g/mol. The Morgan fingerprint density at radius 3 is 2.50 bits per heavy atom. The first-order chi connectivity index (χ1) is 10.4. The number of nitrogens with one attached hydrogen (secondary N) is 1. The molecule has 1 aromatic rings. The zero-order valence-electron chi connectivity index (χ0n) is 12.8. The molecule has 2 rings (SSSR count). The van der Waals surface area contributed by atoms with Gasteiger partial charge in [0.2, 0.25) is 5.91 Å². The molecule has 0 unspecified atom stereocenters. The molecule has 1 heterocycles. The van der Waals surface area contributed by atoms with E-state index in [0.29, 0.717) is 18.5 Å². The highest BCUT2D eigenvalue weighted by Crippen LogP contribution is 2.14. The topological polar surface area (TPSA) is 72.5 Å². The Labute approximate surface area is 131 Å². The maximum absolute atomic E-state index is 11.8. The van der Waals surface area contributed by atoms with Crippen molar-refractivity contribution in [3.8, 4) is 5.75 Å². The van der Waals surface area contributed by atoms with Gasteiger partial charge in [-0.3, -0.25) is 4.79 Å². The zero-order valence-corrected chi connectivity index (χ0v) is 13.7. The van der Waals surface area contributed by atoms with Crippen LogP contribution in [0.3, 0.4) is 0 Å². The highest BCUT2D eigenvalue weighted by Gasteiger charge is 2.24. The molecule has 120 valence electrons. The fourth-order valence-electron chi connectivity index (χ4n) is 2.18. The maximum Gasteiger partial charge on any atom is 0.247 e. The predicted octanol–water partition coefficient (Wildman–Crippen LogP) is 1.49. The summed E-state index contributed by atoms with van der Waals surface area (Å²) in [6.45, 7) is 4.42. The van der Waals surface area contributed by atoms with E-state index >= 15 is 0 Å². The molecule has 0 radical (unpaired) electrons. The molecule has 0 saturated carbocycles. The van der Waals surface area contributed by atoms with Gasteiger partial charge in [-0.25, -0.2) is 8.42 Å². The molecule has 0 spiro atoms. The van der Waals surface area contributed by atoms with Crippen molar-refractivity contribution in [2.45, 2.75) is 26.4 Å². The SMILES string of the molecule is CC(C)Oc1ccc(CCNC(=O)C2=CCS(=O)(=O)C2)cc1. The first-order valence-electron chi connectivity index (χ1n) is 7.29. The van der Waals surface area contributed by atoms with Crippen LogP contribution < -0.4 is 10.1 Å². The van der Waals surface area contributed by atoms with Gasteiger partial charge in [0.1, 0.15) is 5.75 Å². The molecule has 1 aliphatic heterocycles. The molecular formula is C16H21NO4S. The Hall–Kier alpha value is -1.82. The van der Waals surface area contributed by atoms with Crippen LogP contribution in [0, 0.1) is 0 Å². The van der Waals surface area contributed by atoms with Crippen molar-refractivity contribution in [2.75, 3.05) is 18.1 Å². The van der Waals surface area contributed by atoms with E-state index in [2.05, 4.69) is 5.32 Å². The smallest absolute Gasteiger partial charge is 0.247 e. The maximum atomic E-state index is 11.8. The van der Waals surface area contributed by atoms with Crippen molar-refractivity contribution >= 4 is 15.7 Å². The minimum atomic E-state index is -3.10. The fourth-order valence-corrected chi connectivity index (χ4v) is 3.48. The highest BCUT2D eigenvalue weighted by atomic mass is 32.2. The number of carbonyl (C=O) groups is 1. The van der Waals surface area contributed by atoms with Crippen molar-refractivity contribution in [3.05, 3.63) is 41.5 Å². The minimum absolute atomic E-state index is 0.0347. The van der Waals surface area contributed by atoms with Crippen LogP contribution in [0.25, 0.3) is 0 Å². The van der Waals surface area contributed by atoms with Gasteiger partial charge in [0.25, 0.3) is 0 Å². The number of benzene rings is 1. The first kappa shape index (κ1) is 16.5. The lowest BCUT2D eigenvalue weighted by Crippen LogP contribution is -2.28. The molecule has 5 nitrogen and oxygen atoms in total. The van der Waals surface area contributed by atoms with E-state index in [1.54, 1.807) is 0 Å². The lowest BCUT2D eigenvalue weighted by atomic mass is 10.1. The lowest BCUT2D eigenvalue weighted by molar-refractivity contribution is -0.117. The van der Waals surface area contributed by atoms with Gasteiger partial charge >= 0.3 is 0 Å². The third kappa shape index (κ3) is 4.87. The lowest BCUT2D eigenvalue weighted by Gasteiger charge is -2.10. The average Bonchev–Trinajstić information content (AvgIpc) is 2.80. The van der Waals surface area contributed by atoms with Crippen LogP contribution in [-0.2, 0) is 21.1 Å². The van der Waals surface area contributed by atoms with Crippen LogP contribution in [0.15, 0.2) is 35.9 Å². The summed E-state index contributed by atoms with van der Waals surface area (Å²) < 4.78 is 28.2. The minimum Gasteiger partial charge on any atom is -0.491 e. The summed E-state index contributed by atoms with van der Waals surface area (Å²) in [5.41, 5.74) is 1.44. The second-order valence-corrected chi connectivity index (χ2v) is 7.71. The van der Waals surface area contributed by atoms with Gasteiger partial charge in [-0.2, -0.15) is 0 Å². The number of sulfone groups is 1. The summed E-state index contributed by atoms with van der Waals surface area (Å²) in [5.74, 6) is 0.345. The van der Waals surface area contributed by atoms with Crippen molar-refractivity contribution in [2.24, 2.45) is 0 Å². The van der Waals surface area contributed by atoms with Gasteiger partial charge in [-0.05, 0) is 38.0 Å². The summed E-state index contributed by atoms with van der Waals surface area (Å²) in [5, 5.41) is 2.75. The number of hydrogen-bond acceptors (Lipinski definition) is 4. The van der Waals surface area contributed by atoms with E-state index in [0.717, 1.165) is 11.3 Å². The molecule has 1 N–H and O–H groups in total. The number of amides is 1. The number of hydrogen-bond donors (Lipinski definition) is 1. The summed E-state index contributed by atoms with van der Waals surface area (Å²) in [7, 11) is -3.10. The second kappa shape index (κ2) is 6.96. The molecule has 0 aliphatic carbocycles. The Morgan fingerprint density at radius 2 is 1.95 bits per heavy atom. The number of ether oxygens (including phenoxy) is 1. The van der Waals surface area contributed by atoms with E-state index in [1.165, 1.54) is 6.08 Å². The first-order valence-corrected chi connectivity index (χ1v) is 9.11. The molecule has 1 amide bonds. The van der Waals surface area contributed by atoms with Crippen molar-refractivity contribution in [1.29, 1.82) is 0 Å². The van der Waals surface area contributed by atoms with Gasteiger partial charge in [-0.15, -0.1) is 0 Å². The fraction of sp³-hybridized carbons (Fsp3) is 0.438. The highest BCUT2D eigenvalue weighted by molar-refractivity contribution is 7.92. The third-order valence-corrected chi connectivity index (χ3v) is 4.67.